The Hall–Kier alpha value is -1.10. The van der Waals surface area contributed by atoms with Gasteiger partial charge in [0.15, 0.2) is 0 Å². The van der Waals surface area contributed by atoms with Gasteiger partial charge in [-0.3, -0.25) is 4.90 Å². The maximum Gasteiger partial charge on any atom is 0.119 e. The van der Waals surface area contributed by atoms with Gasteiger partial charge < -0.3 is 14.8 Å². The third kappa shape index (κ3) is 7.20. The van der Waals surface area contributed by atoms with Crippen LogP contribution in [0.5, 0.6) is 5.75 Å². The van der Waals surface area contributed by atoms with Crippen molar-refractivity contribution in [2.45, 2.75) is 46.2 Å². The van der Waals surface area contributed by atoms with Gasteiger partial charge in [-0.2, -0.15) is 0 Å². The van der Waals surface area contributed by atoms with Crippen molar-refractivity contribution < 1.29 is 9.47 Å². The standard InChI is InChI=1S/C20H34N2O2/c1-20(2,3)16-21-15-17-6-5-7-19(14-17)24-13-10-22(4)18-8-11-23-12-9-18/h5-7,14,18,21H,8-13,15-16H2,1-4H3. The highest BCUT2D eigenvalue weighted by molar-refractivity contribution is 5.28. The summed E-state index contributed by atoms with van der Waals surface area (Å²) >= 11 is 0. The van der Waals surface area contributed by atoms with Crippen LogP contribution in [0.1, 0.15) is 39.2 Å². The zero-order valence-electron chi connectivity index (χ0n) is 15.8. The fourth-order valence-electron chi connectivity index (χ4n) is 2.94. The van der Waals surface area contributed by atoms with Crippen LogP contribution in [0.3, 0.4) is 0 Å². The molecule has 1 saturated heterocycles. The molecule has 2 rings (SSSR count). The summed E-state index contributed by atoms with van der Waals surface area (Å²) in [5, 5.41) is 3.51. The van der Waals surface area contributed by atoms with Crippen LogP contribution in [-0.4, -0.2) is 50.9 Å². The van der Waals surface area contributed by atoms with E-state index >= 15 is 0 Å². The molecule has 0 amide bonds. The van der Waals surface area contributed by atoms with Crippen molar-refractivity contribution in [2.75, 3.05) is 40.0 Å². The maximum atomic E-state index is 5.95. The molecule has 0 radical (unpaired) electrons. The molecule has 0 aromatic heterocycles. The van der Waals surface area contributed by atoms with E-state index in [1.54, 1.807) is 0 Å². The number of ether oxygens (including phenoxy) is 2. The van der Waals surface area contributed by atoms with Gasteiger partial charge >= 0.3 is 0 Å². The van der Waals surface area contributed by atoms with Crippen LogP contribution < -0.4 is 10.1 Å². The molecule has 0 saturated carbocycles. The molecule has 0 unspecified atom stereocenters. The first-order valence-electron chi connectivity index (χ1n) is 9.14. The molecule has 1 aromatic carbocycles. The van der Waals surface area contributed by atoms with Crippen LogP contribution in [0.2, 0.25) is 0 Å². The molecule has 1 aromatic rings. The number of nitrogens with zero attached hydrogens (tertiary/aromatic N) is 1. The van der Waals surface area contributed by atoms with Gasteiger partial charge in [0.05, 0.1) is 0 Å². The Balaban J connectivity index is 1.71. The van der Waals surface area contributed by atoms with E-state index in [0.717, 1.165) is 58.0 Å². The Morgan fingerprint density at radius 3 is 2.71 bits per heavy atom. The van der Waals surface area contributed by atoms with E-state index in [0.29, 0.717) is 11.5 Å². The summed E-state index contributed by atoms with van der Waals surface area (Å²) in [5.74, 6) is 0.963. The second-order valence-corrected chi connectivity index (χ2v) is 7.98. The smallest absolute Gasteiger partial charge is 0.119 e. The zero-order chi connectivity index (χ0) is 17.4. The lowest BCUT2D eigenvalue weighted by atomic mass is 9.97. The lowest BCUT2D eigenvalue weighted by Crippen LogP contribution is -2.38. The average molecular weight is 335 g/mol. The van der Waals surface area contributed by atoms with E-state index in [9.17, 15) is 0 Å². The minimum absolute atomic E-state index is 0.308. The summed E-state index contributed by atoms with van der Waals surface area (Å²) < 4.78 is 11.4. The lowest BCUT2D eigenvalue weighted by Gasteiger charge is -2.31. The Bertz CT molecular complexity index is 479. The first-order chi connectivity index (χ1) is 11.4. The second kappa shape index (κ2) is 9.40. The molecule has 1 fully saturated rings. The van der Waals surface area contributed by atoms with Gasteiger partial charge in [-0.1, -0.05) is 32.9 Å². The van der Waals surface area contributed by atoms with E-state index in [-0.39, 0.29) is 0 Å². The number of benzene rings is 1. The summed E-state index contributed by atoms with van der Waals surface area (Å²) in [4.78, 5) is 2.40. The van der Waals surface area contributed by atoms with E-state index in [1.165, 1.54) is 5.56 Å². The number of hydrogen-bond donors (Lipinski definition) is 1. The monoisotopic (exact) mass is 334 g/mol. The minimum Gasteiger partial charge on any atom is -0.492 e. The Kier molecular flexibility index (Phi) is 7.53. The van der Waals surface area contributed by atoms with E-state index in [1.807, 2.05) is 6.07 Å². The molecule has 1 N–H and O–H groups in total. The normalized spacial score (nSPS) is 16.5. The van der Waals surface area contributed by atoms with Crippen LogP contribution >= 0.6 is 0 Å². The maximum absolute atomic E-state index is 5.95. The predicted molar refractivity (Wildman–Crippen MR) is 99.6 cm³/mol. The Labute approximate surface area is 147 Å². The molecule has 0 spiro atoms. The van der Waals surface area contributed by atoms with Crippen LogP contribution in [-0.2, 0) is 11.3 Å². The van der Waals surface area contributed by atoms with Gasteiger partial charge in [0, 0.05) is 38.9 Å². The first-order valence-corrected chi connectivity index (χ1v) is 9.14. The topological polar surface area (TPSA) is 33.7 Å². The van der Waals surface area contributed by atoms with Crippen LogP contribution in [0.25, 0.3) is 0 Å². The van der Waals surface area contributed by atoms with Gasteiger partial charge in [0.25, 0.3) is 0 Å². The molecule has 1 aliphatic rings. The van der Waals surface area contributed by atoms with Crippen LogP contribution in [0.15, 0.2) is 24.3 Å². The van der Waals surface area contributed by atoms with Gasteiger partial charge in [0.1, 0.15) is 12.4 Å². The largest absolute Gasteiger partial charge is 0.492 e. The van der Waals surface area contributed by atoms with Crippen molar-refractivity contribution >= 4 is 0 Å². The molecule has 0 bridgehead atoms. The predicted octanol–water partition coefficient (Wildman–Crippen LogP) is 3.31. The van der Waals surface area contributed by atoms with Crippen molar-refractivity contribution in [3.8, 4) is 5.75 Å². The second-order valence-electron chi connectivity index (χ2n) is 7.98. The van der Waals surface area contributed by atoms with Crippen LogP contribution in [0.4, 0.5) is 0 Å². The molecule has 1 heterocycles. The van der Waals surface area contributed by atoms with Gasteiger partial charge in [-0.05, 0) is 43.0 Å². The van der Waals surface area contributed by atoms with E-state index in [2.05, 4.69) is 56.2 Å². The third-order valence-electron chi connectivity index (χ3n) is 4.41. The van der Waals surface area contributed by atoms with Crippen molar-refractivity contribution in [3.63, 3.8) is 0 Å². The fourth-order valence-corrected chi connectivity index (χ4v) is 2.94. The minimum atomic E-state index is 0.308. The molecule has 1 aliphatic heterocycles. The van der Waals surface area contributed by atoms with Crippen LogP contribution in [0, 0.1) is 5.41 Å². The summed E-state index contributed by atoms with van der Waals surface area (Å²) in [6, 6.07) is 9.05. The van der Waals surface area contributed by atoms with E-state index < -0.39 is 0 Å². The first kappa shape index (κ1) is 19.2. The van der Waals surface area contributed by atoms with Crippen molar-refractivity contribution in [3.05, 3.63) is 29.8 Å². The highest BCUT2D eigenvalue weighted by atomic mass is 16.5. The molecule has 4 heteroatoms. The zero-order valence-corrected chi connectivity index (χ0v) is 15.8. The summed E-state index contributed by atoms with van der Waals surface area (Å²) in [7, 11) is 2.19. The Morgan fingerprint density at radius 1 is 1.25 bits per heavy atom. The molecular formula is C20H34N2O2. The molecule has 24 heavy (non-hydrogen) atoms. The van der Waals surface area contributed by atoms with Crippen molar-refractivity contribution in [2.24, 2.45) is 5.41 Å². The molecular weight excluding hydrogens is 300 g/mol. The molecule has 4 nitrogen and oxygen atoms in total. The number of likely N-dealkylation sites (N-methyl/N-ethyl adjacent to an activating group) is 1. The highest BCUT2D eigenvalue weighted by Gasteiger charge is 2.18. The SMILES string of the molecule is CN(CCOc1cccc(CNCC(C)(C)C)c1)C1CCOCC1. The number of rotatable bonds is 8. The summed E-state index contributed by atoms with van der Waals surface area (Å²) in [6.45, 7) is 12.1. The molecule has 0 atom stereocenters. The highest BCUT2D eigenvalue weighted by Crippen LogP contribution is 2.16. The van der Waals surface area contributed by atoms with Crippen molar-refractivity contribution in [1.29, 1.82) is 0 Å². The van der Waals surface area contributed by atoms with E-state index in [4.69, 9.17) is 9.47 Å². The number of hydrogen-bond acceptors (Lipinski definition) is 4. The summed E-state index contributed by atoms with van der Waals surface area (Å²) in [5.41, 5.74) is 1.58. The fraction of sp³-hybridized carbons (Fsp3) is 0.700. The average Bonchev–Trinajstić information content (AvgIpc) is 2.55. The van der Waals surface area contributed by atoms with Gasteiger partial charge in [-0.25, -0.2) is 0 Å². The quantitative estimate of drug-likeness (QED) is 0.791. The molecule has 0 aliphatic carbocycles. The van der Waals surface area contributed by atoms with Gasteiger partial charge in [-0.15, -0.1) is 0 Å². The number of nitrogens with one attached hydrogen (secondary N) is 1. The Morgan fingerprint density at radius 2 is 2.00 bits per heavy atom. The van der Waals surface area contributed by atoms with Crippen molar-refractivity contribution in [1.82, 2.24) is 10.2 Å². The van der Waals surface area contributed by atoms with Gasteiger partial charge in [0.2, 0.25) is 0 Å². The lowest BCUT2D eigenvalue weighted by molar-refractivity contribution is 0.0392. The summed E-state index contributed by atoms with van der Waals surface area (Å²) in [6.07, 6.45) is 2.26. The third-order valence-corrected chi connectivity index (χ3v) is 4.41. The molecule has 136 valence electrons.